The highest BCUT2D eigenvalue weighted by Gasteiger charge is 2.23. The van der Waals surface area contributed by atoms with Crippen LogP contribution in [0.3, 0.4) is 0 Å². The Hall–Kier alpha value is -2.03. The molecule has 0 fully saturated rings. The van der Waals surface area contributed by atoms with Gasteiger partial charge in [-0.25, -0.2) is 4.79 Å². The molecule has 1 unspecified atom stereocenters. The maximum Gasteiger partial charge on any atom is 0.321 e. The molecule has 2 N–H and O–H groups in total. The summed E-state index contributed by atoms with van der Waals surface area (Å²) in [7, 11) is 0. The topological polar surface area (TPSA) is 106 Å². The lowest BCUT2D eigenvalue weighted by Gasteiger charge is -2.11. The lowest BCUT2D eigenvalue weighted by atomic mass is 9.96. The highest BCUT2D eigenvalue weighted by Crippen LogP contribution is 2.21. The van der Waals surface area contributed by atoms with E-state index in [2.05, 4.69) is 31.0 Å². The van der Waals surface area contributed by atoms with E-state index < -0.39 is 12.1 Å². The van der Waals surface area contributed by atoms with Crippen LogP contribution in [0, 0.1) is 6.92 Å². The first-order chi connectivity index (χ1) is 9.75. The normalized spacial score (nSPS) is 13.0. The van der Waals surface area contributed by atoms with E-state index in [4.69, 9.17) is 4.52 Å². The van der Waals surface area contributed by atoms with E-state index in [9.17, 15) is 4.79 Å². The average Bonchev–Trinajstić information content (AvgIpc) is 2.97. The second-order valence-electron chi connectivity index (χ2n) is 5.65. The lowest BCUT2D eigenvalue weighted by Crippen LogP contribution is -2.31. The van der Waals surface area contributed by atoms with Crippen LogP contribution >= 0.6 is 11.3 Å². The smallest absolute Gasteiger partial charge is 0.321 e. The van der Waals surface area contributed by atoms with Gasteiger partial charge in [-0.2, -0.15) is 4.98 Å². The van der Waals surface area contributed by atoms with Gasteiger partial charge in [-0.15, -0.1) is 10.2 Å². The molecule has 9 heteroatoms. The lowest BCUT2D eigenvalue weighted by molar-refractivity contribution is 0.245. The van der Waals surface area contributed by atoms with Crippen LogP contribution in [-0.4, -0.2) is 26.4 Å². The van der Waals surface area contributed by atoms with Gasteiger partial charge in [0.15, 0.2) is 5.82 Å². The molecule has 0 saturated carbocycles. The number of amides is 2. The molecule has 114 valence electrons. The zero-order chi connectivity index (χ0) is 15.6. The number of aromatic nitrogens is 4. The molecule has 21 heavy (non-hydrogen) atoms. The monoisotopic (exact) mass is 310 g/mol. The van der Waals surface area contributed by atoms with Gasteiger partial charge in [0.25, 0.3) is 0 Å². The van der Waals surface area contributed by atoms with E-state index in [-0.39, 0.29) is 5.41 Å². The first kappa shape index (κ1) is 15.4. The highest BCUT2D eigenvalue weighted by molar-refractivity contribution is 7.15. The number of carbonyl (C=O) groups is 1. The summed E-state index contributed by atoms with van der Waals surface area (Å²) >= 11 is 1.30. The Labute approximate surface area is 126 Å². The van der Waals surface area contributed by atoms with Crippen LogP contribution in [0.15, 0.2) is 4.52 Å². The molecule has 0 aliphatic rings. The molecule has 2 aromatic heterocycles. The summed E-state index contributed by atoms with van der Waals surface area (Å²) in [6, 6.07) is -0.795. The van der Waals surface area contributed by atoms with Gasteiger partial charge in [-0.05, 0) is 13.8 Å². The zero-order valence-electron chi connectivity index (χ0n) is 12.6. The van der Waals surface area contributed by atoms with Gasteiger partial charge in [0.2, 0.25) is 11.0 Å². The van der Waals surface area contributed by atoms with Crippen LogP contribution in [0.25, 0.3) is 0 Å². The third-order valence-corrected chi connectivity index (χ3v) is 3.33. The third kappa shape index (κ3) is 3.97. The number of carbonyl (C=O) groups excluding carboxylic acids is 1. The van der Waals surface area contributed by atoms with Gasteiger partial charge >= 0.3 is 6.03 Å². The molecule has 0 saturated heterocycles. The minimum absolute atomic E-state index is 0.201. The Morgan fingerprint density at radius 2 is 2.05 bits per heavy atom. The number of urea groups is 1. The summed E-state index contributed by atoms with van der Waals surface area (Å²) in [5, 5.41) is 18.1. The Morgan fingerprint density at radius 3 is 2.57 bits per heavy atom. The Balaban J connectivity index is 1.96. The SMILES string of the molecule is Cc1nnc(NC(=O)NC(C)c2nc(C(C)(C)C)no2)s1. The van der Waals surface area contributed by atoms with E-state index in [1.165, 1.54) is 11.3 Å². The average molecular weight is 310 g/mol. The van der Waals surface area contributed by atoms with Crippen molar-refractivity contribution in [3.8, 4) is 0 Å². The molecule has 0 aromatic carbocycles. The summed E-state index contributed by atoms with van der Waals surface area (Å²) < 4.78 is 5.18. The fourth-order valence-corrected chi connectivity index (χ4v) is 2.04. The van der Waals surface area contributed by atoms with E-state index in [1.54, 1.807) is 6.92 Å². The van der Waals surface area contributed by atoms with Gasteiger partial charge in [-0.3, -0.25) is 5.32 Å². The highest BCUT2D eigenvalue weighted by atomic mass is 32.1. The molecule has 2 amide bonds. The minimum Gasteiger partial charge on any atom is -0.337 e. The second kappa shape index (κ2) is 5.76. The molecule has 2 aromatic rings. The van der Waals surface area contributed by atoms with Crippen molar-refractivity contribution >= 4 is 22.5 Å². The summed E-state index contributed by atoms with van der Waals surface area (Å²) in [5.74, 6) is 0.967. The van der Waals surface area contributed by atoms with Crippen LogP contribution in [0.2, 0.25) is 0 Å². The Morgan fingerprint density at radius 1 is 1.33 bits per heavy atom. The molecule has 1 atom stereocenters. The summed E-state index contributed by atoms with van der Waals surface area (Å²) in [6.07, 6.45) is 0. The minimum atomic E-state index is -0.400. The molecule has 2 rings (SSSR count). The van der Waals surface area contributed by atoms with Gasteiger partial charge in [0.1, 0.15) is 11.0 Å². The van der Waals surface area contributed by atoms with Crippen LogP contribution in [-0.2, 0) is 5.41 Å². The molecule has 2 heterocycles. The van der Waals surface area contributed by atoms with Crippen molar-refractivity contribution in [3.05, 3.63) is 16.7 Å². The van der Waals surface area contributed by atoms with Crippen molar-refractivity contribution in [2.45, 2.75) is 46.1 Å². The van der Waals surface area contributed by atoms with E-state index >= 15 is 0 Å². The van der Waals surface area contributed by atoms with Crippen LogP contribution in [0.1, 0.15) is 50.5 Å². The molecule has 0 aliphatic carbocycles. The van der Waals surface area contributed by atoms with Gasteiger partial charge in [0, 0.05) is 5.41 Å². The van der Waals surface area contributed by atoms with E-state index in [0.717, 1.165) is 5.01 Å². The van der Waals surface area contributed by atoms with E-state index in [1.807, 2.05) is 27.7 Å². The number of nitrogens with one attached hydrogen (secondary N) is 2. The van der Waals surface area contributed by atoms with Crippen molar-refractivity contribution in [1.82, 2.24) is 25.7 Å². The predicted octanol–water partition coefficient (Wildman–Crippen LogP) is 2.41. The summed E-state index contributed by atoms with van der Waals surface area (Å²) in [4.78, 5) is 16.1. The number of hydrogen-bond donors (Lipinski definition) is 2. The standard InChI is InChI=1S/C12H18N6O2S/c1-6(8-14-9(18-20-8)12(3,4)5)13-10(19)15-11-17-16-7(2)21-11/h6H,1-5H3,(H2,13,15,17,19). The molecular weight excluding hydrogens is 292 g/mol. The van der Waals surface area contributed by atoms with Crippen molar-refractivity contribution in [3.63, 3.8) is 0 Å². The molecule has 0 aliphatic heterocycles. The van der Waals surface area contributed by atoms with Gasteiger partial charge in [-0.1, -0.05) is 37.3 Å². The third-order valence-electron chi connectivity index (χ3n) is 2.58. The molecule has 0 radical (unpaired) electrons. The van der Waals surface area contributed by atoms with Gasteiger partial charge in [0.05, 0.1) is 0 Å². The number of rotatable bonds is 3. The van der Waals surface area contributed by atoms with Crippen molar-refractivity contribution < 1.29 is 9.32 Å². The Kier molecular flexibility index (Phi) is 4.21. The summed E-state index contributed by atoms with van der Waals surface area (Å²) in [6.45, 7) is 9.55. The zero-order valence-corrected chi connectivity index (χ0v) is 13.4. The van der Waals surface area contributed by atoms with E-state index in [0.29, 0.717) is 16.8 Å². The van der Waals surface area contributed by atoms with Crippen molar-refractivity contribution in [2.75, 3.05) is 5.32 Å². The molecule has 0 spiro atoms. The maximum absolute atomic E-state index is 11.8. The molecular formula is C12H18N6O2S. The van der Waals surface area contributed by atoms with Gasteiger partial charge < -0.3 is 9.84 Å². The first-order valence-corrected chi connectivity index (χ1v) is 7.29. The Bertz CT molecular complexity index is 630. The number of anilines is 1. The molecule has 0 bridgehead atoms. The number of hydrogen-bond acceptors (Lipinski definition) is 7. The number of nitrogens with zero attached hydrogens (tertiary/aromatic N) is 4. The summed E-state index contributed by atoms with van der Waals surface area (Å²) in [5.41, 5.74) is -0.201. The van der Waals surface area contributed by atoms with Crippen LogP contribution < -0.4 is 10.6 Å². The quantitative estimate of drug-likeness (QED) is 0.901. The first-order valence-electron chi connectivity index (χ1n) is 6.47. The van der Waals surface area contributed by atoms with Crippen molar-refractivity contribution in [1.29, 1.82) is 0 Å². The maximum atomic E-state index is 11.8. The largest absolute Gasteiger partial charge is 0.337 e. The van der Waals surface area contributed by atoms with Crippen LogP contribution in [0.4, 0.5) is 9.93 Å². The fourth-order valence-electron chi connectivity index (χ4n) is 1.45. The van der Waals surface area contributed by atoms with Crippen molar-refractivity contribution in [2.24, 2.45) is 0 Å². The second-order valence-corrected chi connectivity index (χ2v) is 6.83. The number of aryl methyl sites for hydroxylation is 1. The predicted molar refractivity (Wildman–Crippen MR) is 78.2 cm³/mol. The molecule has 8 nitrogen and oxygen atoms in total. The van der Waals surface area contributed by atoms with Crippen LogP contribution in [0.5, 0.6) is 0 Å². The fraction of sp³-hybridized carbons (Fsp3) is 0.583.